The lowest BCUT2D eigenvalue weighted by Gasteiger charge is -2.31. The average molecular weight is 275 g/mol. The highest BCUT2D eigenvalue weighted by atomic mass is 32.2. The van der Waals surface area contributed by atoms with Gasteiger partial charge >= 0.3 is 12.1 Å². The van der Waals surface area contributed by atoms with E-state index in [1.807, 2.05) is 5.32 Å². The van der Waals surface area contributed by atoms with Gasteiger partial charge in [-0.25, -0.2) is 13.2 Å². The highest BCUT2D eigenvalue weighted by molar-refractivity contribution is 7.91. The van der Waals surface area contributed by atoms with Crippen LogP contribution < -0.4 is 5.32 Å². The SMILES string of the molecule is CC(NC1CCS(=O)(=O)C1)(C(=O)O)C(F)(F)F. The number of carboxylic acids is 1. The summed E-state index contributed by atoms with van der Waals surface area (Å²) in [7, 11) is -3.36. The molecule has 0 aromatic carbocycles. The number of hydrogen-bond donors (Lipinski definition) is 2. The molecule has 1 fully saturated rings. The van der Waals surface area contributed by atoms with Crippen molar-refractivity contribution in [1.82, 2.24) is 5.32 Å². The molecule has 9 heteroatoms. The molecule has 1 rings (SSSR count). The van der Waals surface area contributed by atoms with Crippen LogP contribution in [0.25, 0.3) is 0 Å². The largest absolute Gasteiger partial charge is 0.480 e. The predicted octanol–water partition coefficient (Wildman–Crippen LogP) is 0.169. The number of alkyl halides is 3. The summed E-state index contributed by atoms with van der Waals surface area (Å²) >= 11 is 0. The van der Waals surface area contributed by atoms with Gasteiger partial charge in [0.15, 0.2) is 9.84 Å². The van der Waals surface area contributed by atoms with Gasteiger partial charge in [-0.15, -0.1) is 0 Å². The van der Waals surface area contributed by atoms with Crippen molar-refractivity contribution in [2.45, 2.75) is 31.1 Å². The number of aliphatic carboxylic acids is 1. The van der Waals surface area contributed by atoms with Gasteiger partial charge in [0, 0.05) is 6.04 Å². The van der Waals surface area contributed by atoms with Crippen LogP contribution >= 0.6 is 0 Å². The maximum atomic E-state index is 12.6. The van der Waals surface area contributed by atoms with Crippen LogP contribution in [0.3, 0.4) is 0 Å². The van der Waals surface area contributed by atoms with Gasteiger partial charge < -0.3 is 5.11 Å². The summed E-state index contributed by atoms with van der Waals surface area (Å²) in [5.41, 5.74) is -3.13. The second-order valence-corrected chi connectivity index (χ2v) is 6.40. The van der Waals surface area contributed by atoms with Crippen molar-refractivity contribution in [1.29, 1.82) is 0 Å². The van der Waals surface area contributed by atoms with Gasteiger partial charge in [0.25, 0.3) is 0 Å². The minimum absolute atomic E-state index is 0.0126. The third-order valence-electron chi connectivity index (χ3n) is 2.72. The number of halogens is 3. The molecular weight excluding hydrogens is 263 g/mol. The normalized spacial score (nSPS) is 27.6. The lowest BCUT2D eigenvalue weighted by atomic mass is 10.00. The van der Waals surface area contributed by atoms with Gasteiger partial charge in [-0.3, -0.25) is 5.32 Å². The molecule has 2 N–H and O–H groups in total. The summed E-state index contributed by atoms with van der Waals surface area (Å²) in [6.07, 6.45) is -5.01. The summed E-state index contributed by atoms with van der Waals surface area (Å²) in [5.74, 6) is -2.77. The zero-order valence-electron chi connectivity index (χ0n) is 8.91. The topological polar surface area (TPSA) is 83.5 Å². The fraction of sp³-hybridized carbons (Fsp3) is 0.875. The second kappa shape index (κ2) is 4.13. The first-order valence-electron chi connectivity index (χ1n) is 4.76. The van der Waals surface area contributed by atoms with E-state index < -0.39 is 39.3 Å². The Bertz CT molecular complexity index is 419. The molecule has 0 aromatic heterocycles. The van der Waals surface area contributed by atoms with Crippen molar-refractivity contribution in [2.75, 3.05) is 11.5 Å². The molecule has 1 aliphatic rings. The fourth-order valence-corrected chi connectivity index (χ4v) is 3.26. The third kappa shape index (κ3) is 2.89. The molecule has 2 unspecified atom stereocenters. The van der Waals surface area contributed by atoms with Gasteiger partial charge in [-0.2, -0.15) is 13.2 Å². The minimum Gasteiger partial charge on any atom is -0.480 e. The van der Waals surface area contributed by atoms with Crippen molar-refractivity contribution in [2.24, 2.45) is 0 Å². The molecule has 2 atom stereocenters. The number of carboxylic acid groups (broad SMARTS) is 1. The zero-order valence-corrected chi connectivity index (χ0v) is 9.73. The van der Waals surface area contributed by atoms with E-state index in [2.05, 4.69) is 0 Å². The number of sulfone groups is 1. The summed E-state index contributed by atoms with van der Waals surface area (Å²) < 4.78 is 60.0. The highest BCUT2D eigenvalue weighted by Crippen LogP contribution is 2.31. The monoisotopic (exact) mass is 275 g/mol. The first kappa shape index (κ1) is 14.2. The molecule has 0 aliphatic carbocycles. The van der Waals surface area contributed by atoms with Crippen LogP contribution in [0.1, 0.15) is 13.3 Å². The molecule has 0 saturated carbocycles. The van der Waals surface area contributed by atoms with Gasteiger partial charge in [0.05, 0.1) is 11.5 Å². The summed E-state index contributed by atoms with van der Waals surface area (Å²) in [6.45, 7) is 0.486. The van der Waals surface area contributed by atoms with Crippen molar-refractivity contribution < 1.29 is 31.5 Å². The maximum Gasteiger partial charge on any atom is 0.417 e. The molecule has 0 spiro atoms. The second-order valence-electron chi connectivity index (χ2n) is 4.17. The van der Waals surface area contributed by atoms with Crippen molar-refractivity contribution in [3.05, 3.63) is 0 Å². The molecule has 0 aromatic rings. The number of nitrogens with one attached hydrogen (secondary N) is 1. The Morgan fingerprint density at radius 1 is 1.41 bits per heavy atom. The molecule has 5 nitrogen and oxygen atoms in total. The first-order chi connectivity index (χ1) is 7.48. The van der Waals surface area contributed by atoms with E-state index in [0.29, 0.717) is 6.92 Å². The van der Waals surface area contributed by atoms with Gasteiger partial charge in [0.1, 0.15) is 0 Å². The Morgan fingerprint density at radius 2 is 1.94 bits per heavy atom. The van der Waals surface area contributed by atoms with E-state index in [1.54, 1.807) is 0 Å². The molecule has 0 radical (unpaired) electrons. The van der Waals surface area contributed by atoms with Crippen LogP contribution in [-0.2, 0) is 14.6 Å². The Kier molecular flexibility index (Phi) is 3.45. The highest BCUT2D eigenvalue weighted by Gasteiger charge is 2.58. The Labute approximate surface area is 95.9 Å². The average Bonchev–Trinajstić information content (AvgIpc) is 2.42. The Morgan fingerprint density at radius 3 is 2.24 bits per heavy atom. The van der Waals surface area contributed by atoms with Gasteiger partial charge in [-0.05, 0) is 13.3 Å². The standard InChI is InChI=1S/C8H12F3NO4S/c1-7(6(13)14,8(9,10)11)12-5-2-3-17(15,16)4-5/h5,12H,2-4H2,1H3,(H,13,14). The van der Waals surface area contributed by atoms with Crippen molar-refractivity contribution >= 4 is 15.8 Å². The predicted molar refractivity (Wildman–Crippen MR) is 52.3 cm³/mol. The molecule has 0 bridgehead atoms. The smallest absolute Gasteiger partial charge is 0.417 e. The quantitative estimate of drug-likeness (QED) is 0.767. The molecule has 1 aliphatic heterocycles. The third-order valence-corrected chi connectivity index (χ3v) is 4.49. The van der Waals surface area contributed by atoms with Crippen LogP contribution in [0.15, 0.2) is 0 Å². The summed E-state index contributed by atoms with van der Waals surface area (Å²) in [5, 5.41) is 10.5. The Hall–Kier alpha value is -0.830. The van der Waals surface area contributed by atoms with Gasteiger partial charge in [0.2, 0.25) is 5.54 Å². The summed E-state index contributed by atoms with van der Waals surface area (Å²) in [6, 6.07) is -0.984. The Balaban J connectivity index is 2.87. The van der Waals surface area contributed by atoms with E-state index in [0.717, 1.165) is 0 Å². The number of carbonyl (C=O) groups is 1. The van der Waals surface area contributed by atoms with Crippen LogP contribution in [0.4, 0.5) is 13.2 Å². The van der Waals surface area contributed by atoms with E-state index in [4.69, 9.17) is 5.11 Å². The lowest BCUT2D eigenvalue weighted by molar-refractivity contribution is -0.207. The van der Waals surface area contributed by atoms with Crippen molar-refractivity contribution in [3.63, 3.8) is 0 Å². The first-order valence-corrected chi connectivity index (χ1v) is 6.58. The maximum absolute atomic E-state index is 12.6. The lowest BCUT2D eigenvalue weighted by Crippen LogP contribution is -2.63. The van der Waals surface area contributed by atoms with E-state index in [1.165, 1.54) is 0 Å². The van der Waals surface area contributed by atoms with E-state index in [-0.39, 0.29) is 12.2 Å². The molecule has 100 valence electrons. The van der Waals surface area contributed by atoms with E-state index in [9.17, 15) is 26.4 Å². The van der Waals surface area contributed by atoms with Crippen LogP contribution in [0, 0.1) is 0 Å². The molecular formula is C8H12F3NO4S. The van der Waals surface area contributed by atoms with Crippen LogP contribution in [-0.4, -0.2) is 48.8 Å². The molecule has 17 heavy (non-hydrogen) atoms. The minimum atomic E-state index is -4.99. The number of hydrogen-bond acceptors (Lipinski definition) is 4. The van der Waals surface area contributed by atoms with E-state index >= 15 is 0 Å². The fourth-order valence-electron chi connectivity index (χ4n) is 1.58. The zero-order chi connectivity index (χ0) is 13.5. The molecule has 1 saturated heterocycles. The van der Waals surface area contributed by atoms with Crippen LogP contribution in [0.5, 0.6) is 0 Å². The molecule has 0 amide bonds. The number of rotatable bonds is 3. The summed E-state index contributed by atoms with van der Waals surface area (Å²) in [4.78, 5) is 10.7. The van der Waals surface area contributed by atoms with Gasteiger partial charge in [-0.1, -0.05) is 0 Å². The van der Waals surface area contributed by atoms with Crippen LogP contribution in [0.2, 0.25) is 0 Å². The van der Waals surface area contributed by atoms with Crippen molar-refractivity contribution in [3.8, 4) is 0 Å². The molecule has 1 heterocycles.